The highest BCUT2D eigenvalue weighted by molar-refractivity contribution is 9.10. The Morgan fingerprint density at radius 1 is 1.33 bits per heavy atom. The van der Waals surface area contributed by atoms with Crippen LogP contribution in [-0.2, 0) is 0 Å². The van der Waals surface area contributed by atoms with Crippen LogP contribution in [0, 0.1) is 11.2 Å². The summed E-state index contributed by atoms with van der Waals surface area (Å²) in [5.74, 6) is -0.00162. The highest BCUT2D eigenvalue weighted by Crippen LogP contribution is 2.24. The van der Waals surface area contributed by atoms with E-state index >= 15 is 0 Å². The van der Waals surface area contributed by atoms with E-state index in [9.17, 15) is 4.39 Å². The Kier molecular flexibility index (Phi) is 3.57. The molecule has 4 nitrogen and oxygen atoms in total. The van der Waals surface area contributed by atoms with Crippen LogP contribution in [0.4, 0.5) is 4.39 Å². The average Bonchev–Trinajstić information content (AvgIpc) is 2.27. The summed E-state index contributed by atoms with van der Waals surface area (Å²) in [4.78, 5) is 4.02. The highest BCUT2D eigenvalue weighted by atomic mass is 79.9. The van der Waals surface area contributed by atoms with Crippen molar-refractivity contribution in [3.05, 3.63) is 52.4 Å². The highest BCUT2D eigenvalue weighted by Gasteiger charge is 2.05. The number of halogens is 2. The van der Waals surface area contributed by atoms with Crippen LogP contribution in [-0.4, -0.2) is 10.8 Å². The second-order valence-corrected chi connectivity index (χ2v) is 4.40. The van der Waals surface area contributed by atoms with Crippen LogP contribution < -0.4 is 10.5 Å². The third-order valence-corrected chi connectivity index (χ3v) is 2.52. The van der Waals surface area contributed by atoms with Gasteiger partial charge >= 0.3 is 0 Å². The standard InChI is InChI=1S/C12H9BrFN3O/c13-7-4-8(14)6-9(5-7)18-11-3-1-2-10(17-11)12(15)16/h1-6H,(H3,15,16). The molecule has 1 aromatic heterocycles. The summed E-state index contributed by atoms with van der Waals surface area (Å²) in [5, 5.41) is 7.27. The van der Waals surface area contributed by atoms with Gasteiger partial charge in [0.05, 0.1) is 0 Å². The Balaban J connectivity index is 2.28. The van der Waals surface area contributed by atoms with Gasteiger partial charge in [-0.05, 0) is 18.2 Å². The first-order valence-electron chi connectivity index (χ1n) is 5.00. The normalized spacial score (nSPS) is 10.1. The minimum Gasteiger partial charge on any atom is -0.439 e. The smallest absolute Gasteiger partial charge is 0.219 e. The number of amidine groups is 1. The number of rotatable bonds is 3. The van der Waals surface area contributed by atoms with Crippen molar-refractivity contribution >= 4 is 21.8 Å². The molecule has 0 aliphatic rings. The number of benzene rings is 1. The second kappa shape index (κ2) is 5.14. The van der Waals surface area contributed by atoms with E-state index in [1.54, 1.807) is 24.3 Å². The second-order valence-electron chi connectivity index (χ2n) is 3.48. The third kappa shape index (κ3) is 3.04. The van der Waals surface area contributed by atoms with E-state index in [4.69, 9.17) is 15.9 Å². The number of nitrogens with one attached hydrogen (secondary N) is 1. The van der Waals surface area contributed by atoms with Crippen LogP contribution in [0.5, 0.6) is 11.6 Å². The fourth-order valence-electron chi connectivity index (χ4n) is 1.33. The van der Waals surface area contributed by atoms with Crippen LogP contribution >= 0.6 is 15.9 Å². The van der Waals surface area contributed by atoms with Crippen molar-refractivity contribution in [2.75, 3.05) is 0 Å². The molecule has 2 rings (SSSR count). The van der Waals surface area contributed by atoms with Crippen molar-refractivity contribution in [3.8, 4) is 11.6 Å². The van der Waals surface area contributed by atoms with Gasteiger partial charge in [-0.2, -0.15) is 0 Å². The fourth-order valence-corrected chi connectivity index (χ4v) is 1.77. The summed E-state index contributed by atoms with van der Waals surface area (Å²) in [6.45, 7) is 0. The van der Waals surface area contributed by atoms with E-state index in [0.717, 1.165) is 0 Å². The molecule has 1 aromatic carbocycles. The van der Waals surface area contributed by atoms with Gasteiger partial charge in [0, 0.05) is 16.6 Å². The molecule has 0 aliphatic heterocycles. The molecule has 2 aromatic rings. The quantitative estimate of drug-likeness (QED) is 0.676. The maximum absolute atomic E-state index is 13.2. The molecule has 0 aliphatic carbocycles. The molecular weight excluding hydrogens is 301 g/mol. The summed E-state index contributed by atoms with van der Waals surface area (Å²) in [7, 11) is 0. The summed E-state index contributed by atoms with van der Waals surface area (Å²) < 4.78 is 19.1. The number of aromatic nitrogens is 1. The SMILES string of the molecule is N=C(N)c1cccc(Oc2cc(F)cc(Br)c2)n1. The van der Waals surface area contributed by atoms with Gasteiger partial charge in [-0.1, -0.05) is 22.0 Å². The summed E-state index contributed by atoms with van der Waals surface area (Å²) >= 11 is 3.17. The molecule has 0 bridgehead atoms. The monoisotopic (exact) mass is 309 g/mol. The first-order valence-corrected chi connectivity index (χ1v) is 5.79. The third-order valence-electron chi connectivity index (χ3n) is 2.06. The van der Waals surface area contributed by atoms with E-state index < -0.39 is 5.82 Å². The Bertz CT molecular complexity index is 583. The van der Waals surface area contributed by atoms with Crippen molar-refractivity contribution in [1.29, 1.82) is 5.41 Å². The van der Waals surface area contributed by atoms with Crippen LogP contribution in [0.2, 0.25) is 0 Å². The molecule has 3 N–H and O–H groups in total. The van der Waals surface area contributed by atoms with Crippen LogP contribution in [0.3, 0.4) is 0 Å². The van der Waals surface area contributed by atoms with Gasteiger partial charge < -0.3 is 10.5 Å². The van der Waals surface area contributed by atoms with Crippen LogP contribution in [0.25, 0.3) is 0 Å². The summed E-state index contributed by atoms with van der Waals surface area (Å²) in [6.07, 6.45) is 0. The molecule has 0 atom stereocenters. The van der Waals surface area contributed by atoms with E-state index in [1.165, 1.54) is 12.1 Å². The lowest BCUT2D eigenvalue weighted by atomic mass is 10.3. The fraction of sp³-hybridized carbons (Fsp3) is 0. The first kappa shape index (κ1) is 12.5. The molecule has 0 saturated carbocycles. The molecule has 0 amide bonds. The average molecular weight is 310 g/mol. The lowest BCUT2D eigenvalue weighted by Crippen LogP contribution is -2.13. The Hall–Kier alpha value is -1.95. The molecule has 0 radical (unpaired) electrons. The number of ether oxygens (including phenoxy) is 1. The van der Waals surface area contributed by atoms with E-state index in [0.29, 0.717) is 15.9 Å². The molecule has 18 heavy (non-hydrogen) atoms. The maximum Gasteiger partial charge on any atom is 0.219 e. The van der Waals surface area contributed by atoms with Gasteiger partial charge in [-0.15, -0.1) is 0 Å². The Labute approximate surface area is 111 Å². The number of hydrogen-bond acceptors (Lipinski definition) is 3. The van der Waals surface area contributed by atoms with Crippen molar-refractivity contribution in [2.45, 2.75) is 0 Å². The van der Waals surface area contributed by atoms with Crippen molar-refractivity contribution in [1.82, 2.24) is 4.98 Å². The van der Waals surface area contributed by atoms with Gasteiger partial charge in [-0.3, -0.25) is 5.41 Å². The minimum atomic E-state index is -0.415. The number of nitrogens with two attached hydrogens (primary N) is 1. The molecule has 0 fully saturated rings. The zero-order valence-corrected chi connectivity index (χ0v) is 10.7. The van der Waals surface area contributed by atoms with E-state index in [1.807, 2.05) is 0 Å². The minimum absolute atomic E-state index is 0.152. The molecule has 0 saturated heterocycles. The van der Waals surface area contributed by atoms with Crippen molar-refractivity contribution < 1.29 is 9.13 Å². The zero-order valence-electron chi connectivity index (χ0n) is 9.15. The molecule has 92 valence electrons. The van der Waals surface area contributed by atoms with Gasteiger partial charge in [0.15, 0.2) is 0 Å². The van der Waals surface area contributed by atoms with Gasteiger partial charge in [-0.25, -0.2) is 9.37 Å². The summed E-state index contributed by atoms with van der Waals surface area (Å²) in [6, 6.07) is 9.04. The molecule has 1 heterocycles. The molecule has 0 unspecified atom stereocenters. The summed E-state index contributed by atoms with van der Waals surface area (Å²) in [5.41, 5.74) is 5.63. The topological polar surface area (TPSA) is 72.0 Å². The van der Waals surface area contributed by atoms with E-state index in [2.05, 4.69) is 20.9 Å². The Morgan fingerprint density at radius 2 is 2.11 bits per heavy atom. The number of nitrogens with zero attached hydrogens (tertiary/aromatic N) is 1. The van der Waals surface area contributed by atoms with Gasteiger partial charge in [0.1, 0.15) is 23.1 Å². The lowest BCUT2D eigenvalue weighted by Gasteiger charge is -2.06. The predicted molar refractivity (Wildman–Crippen MR) is 69.4 cm³/mol. The molecule has 6 heteroatoms. The zero-order chi connectivity index (χ0) is 13.1. The van der Waals surface area contributed by atoms with Crippen LogP contribution in [0.15, 0.2) is 40.9 Å². The van der Waals surface area contributed by atoms with E-state index in [-0.39, 0.29) is 11.7 Å². The van der Waals surface area contributed by atoms with Crippen LogP contribution in [0.1, 0.15) is 5.69 Å². The first-order chi connectivity index (χ1) is 8.54. The predicted octanol–water partition coefficient (Wildman–Crippen LogP) is 3.06. The Morgan fingerprint density at radius 3 is 2.78 bits per heavy atom. The van der Waals surface area contributed by atoms with Crippen molar-refractivity contribution in [3.63, 3.8) is 0 Å². The van der Waals surface area contributed by atoms with Gasteiger partial charge in [0.25, 0.3) is 0 Å². The van der Waals surface area contributed by atoms with Gasteiger partial charge in [0.2, 0.25) is 5.88 Å². The number of hydrogen-bond donors (Lipinski definition) is 2. The molecule has 0 spiro atoms. The number of pyridine rings is 1. The maximum atomic E-state index is 13.2. The number of nitrogen functional groups attached to an aromatic ring is 1. The largest absolute Gasteiger partial charge is 0.439 e. The molecular formula is C12H9BrFN3O. The van der Waals surface area contributed by atoms with Crippen molar-refractivity contribution in [2.24, 2.45) is 5.73 Å². The lowest BCUT2D eigenvalue weighted by molar-refractivity contribution is 0.457.